The minimum absolute atomic E-state index is 0.0173. The topological polar surface area (TPSA) is 150 Å². The molecule has 3 N–H and O–H groups in total. The van der Waals surface area contributed by atoms with E-state index in [0.717, 1.165) is 29.7 Å². The van der Waals surface area contributed by atoms with Crippen LogP contribution in [-0.4, -0.2) is 128 Å². The maximum Gasteiger partial charge on any atom is 0.245 e. The Kier molecular flexibility index (Phi) is 21.9. The van der Waals surface area contributed by atoms with Crippen molar-refractivity contribution in [2.24, 2.45) is 29.6 Å². The molecule has 3 rings (SSSR count). The standard InChI is InChI=1S/C51H82N6O7/c1-15-35(8)47(56(12)51(62)45(32(2)3)54-50(61)46(33(4)5)55(10)11)43(63-13)30-44(59)57-27-19-22-41(57)48(64-14)36(9)42(58)29-39(28-37-20-17-16-18-21-37)49(60)52-31-38-23-25-40(26-24-38)53-34(6)7/h16-18,20-21,23-26,32-36,39,41,43,45-48,53H,15,19,22,27-31H2,1-14H3,(H,52,60)(H,54,61)/t35-,36-,39+,41-,43+,45-,46-,47-,48+/m0/s1. The molecule has 2 aromatic rings. The van der Waals surface area contributed by atoms with Gasteiger partial charge in [-0.1, -0.05) is 97.4 Å². The average Bonchev–Trinajstić information content (AvgIpc) is 3.74. The van der Waals surface area contributed by atoms with E-state index < -0.39 is 42.2 Å². The molecule has 2 aromatic carbocycles. The molecule has 13 heteroatoms. The Morgan fingerprint density at radius 3 is 1.97 bits per heavy atom. The largest absolute Gasteiger partial charge is 0.383 e. The highest BCUT2D eigenvalue weighted by Crippen LogP contribution is 2.31. The lowest BCUT2D eigenvalue weighted by molar-refractivity contribution is -0.148. The molecule has 0 saturated carbocycles. The predicted octanol–water partition coefficient (Wildman–Crippen LogP) is 6.59. The van der Waals surface area contributed by atoms with E-state index in [-0.39, 0.29) is 66.0 Å². The van der Waals surface area contributed by atoms with E-state index in [4.69, 9.17) is 9.47 Å². The first kappa shape index (κ1) is 54.0. The van der Waals surface area contributed by atoms with Gasteiger partial charge in [0.15, 0.2) is 0 Å². The number of Topliss-reactive ketones (excluding diaryl/α,β-unsaturated/α-hetero) is 1. The summed E-state index contributed by atoms with van der Waals surface area (Å²) in [4.78, 5) is 75.8. The van der Waals surface area contributed by atoms with Crippen LogP contribution in [0.4, 0.5) is 5.69 Å². The van der Waals surface area contributed by atoms with E-state index >= 15 is 0 Å². The second-order valence-electron chi connectivity index (χ2n) is 19.2. The van der Waals surface area contributed by atoms with Gasteiger partial charge in [0, 0.05) is 64.3 Å². The molecule has 0 bridgehead atoms. The number of nitrogens with zero attached hydrogens (tertiary/aromatic N) is 3. The summed E-state index contributed by atoms with van der Waals surface area (Å²) < 4.78 is 12.2. The summed E-state index contributed by atoms with van der Waals surface area (Å²) in [5.41, 5.74) is 2.93. The number of ketones is 1. The van der Waals surface area contributed by atoms with Crippen LogP contribution >= 0.6 is 0 Å². The lowest BCUT2D eigenvalue weighted by atomic mass is 9.85. The normalized spacial score (nSPS) is 18.0. The van der Waals surface area contributed by atoms with Crippen molar-refractivity contribution in [1.29, 1.82) is 0 Å². The van der Waals surface area contributed by atoms with Crippen LogP contribution in [0.1, 0.15) is 106 Å². The van der Waals surface area contributed by atoms with Gasteiger partial charge in [0.25, 0.3) is 0 Å². The van der Waals surface area contributed by atoms with Crippen LogP contribution in [0.2, 0.25) is 0 Å². The number of nitrogens with one attached hydrogen (secondary N) is 3. The highest BCUT2D eigenvalue weighted by molar-refractivity contribution is 5.90. The molecule has 0 unspecified atom stereocenters. The SMILES string of the molecule is CC[C@H](C)[C@@H]([C@@H](CC(=O)N1CCC[C@H]1[C@H](OC)[C@@H](C)C(=O)C[C@@H](Cc1ccccc1)C(=O)NCc1ccc(NC(C)C)cc1)OC)N(C)C(=O)[C@@H](NC(=O)[C@H](C(C)C)N(C)C)C(C)C. The number of ether oxygens (including phenoxy) is 2. The van der Waals surface area contributed by atoms with E-state index in [1.54, 1.807) is 26.2 Å². The first-order chi connectivity index (χ1) is 30.2. The molecule has 358 valence electrons. The molecule has 13 nitrogen and oxygen atoms in total. The Morgan fingerprint density at radius 2 is 1.44 bits per heavy atom. The van der Waals surface area contributed by atoms with Crippen molar-refractivity contribution in [3.05, 3.63) is 65.7 Å². The van der Waals surface area contributed by atoms with Crippen LogP contribution in [0.15, 0.2) is 54.6 Å². The average molecular weight is 891 g/mol. The molecule has 4 amide bonds. The van der Waals surface area contributed by atoms with Crippen molar-refractivity contribution in [3.63, 3.8) is 0 Å². The molecule has 0 aromatic heterocycles. The van der Waals surface area contributed by atoms with E-state index in [0.29, 0.717) is 32.0 Å². The Bertz CT molecular complexity index is 1760. The lowest BCUT2D eigenvalue weighted by Crippen LogP contribution is -2.59. The van der Waals surface area contributed by atoms with E-state index in [9.17, 15) is 24.0 Å². The van der Waals surface area contributed by atoms with Gasteiger partial charge < -0.3 is 35.2 Å². The molecule has 0 radical (unpaired) electrons. The number of anilines is 1. The van der Waals surface area contributed by atoms with Crippen molar-refractivity contribution in [2.45, 2.75) is 150 Å². The third-order valence-electron chi connectivity index (χ3n) is 13.1. The first-order valence-electron chi connectivity index (χ1n) is 23.5. The molecule has 1 saturated heterocycles. The van der Waals surface area contributed by atoms with Crippen molar-refractivity contribution in [2.75, 3.05) is 47.2 Å². The fourth-order valence-corrected chi connectivity index (χ4v) is 9.42. The van der Waals surface area contributed by atoms with Crippen LogP contribution in [0.25, 0.3) is 0 Å². The maximum absolute atomic E-state index is 14.4. The Morgan fingerprint density at radius 1 is 0.797 bits per heavy atom. The number of carbonyl (C=O) groups excluding carboxylic acids is 5. The lowest BCUT2D eigenvalue weighted by Gasteiger charge is -2.41. The zero-order valence-corrected chi connectivity index (χ0v) is 41.5. The highest BCUT2D eigenvalue weighted by atomic mass is 16.5. The van der Waals surface area contributed by atoms with Crippen molar-refractivity contribution in [3.8, 4) is 0 Å². The summed E-state index contributed by atoms with van der Waals surface area (Å²) >= 11 is 0. The molecule has 1 heterocycles. The molecule has 1 aliphatic rings. The van der Waals surface area contributed by atoms with Gasteiger partial charge in [-0.05, 0) is 88.2 Å². The van der Waals surface area contributed by atoms with Gasteiger partial charge in [-0.25, -0.2) is 0 Å². The van der Waals surface area contributed by atoms with E-state index in [1.807, 2.05) is 120 Å². The maximum atomic E-state index is 14.4. The number of benzene rings is 2. The van der Waals surface area contributed by atoms with Gasteiger partial charge in [-0.3, -0.25) is 28.9 Å². The van der Waals surface area contributed by atoms with Crippen molar-refractivity contribution in [1.82, 2.24) is 25.3 Å². The van der Waals surface area contributed by atoms with Crippen LogP contribution in [0.5, 0.6) is 0 Å². The Hall–Kier alpha value is -4.33. The summed E-state index contributed by atoms with van der Waals surface area (Å²) in [7, 11) is 8.61. The van der Waals surface area contributed by atoms with Crippen LogP contribution in [0.3, 0.4) is 0 Å². The molecule has 0 spiro atoms. The molecule has 1 aliphatic heterocycles. The quantitative estimate of drug-likeness (QED) is 0.0952. The summed E-state index contributed by atoms with van der Waals surface area (Å²) in [5, 5.41) is 9.52. The fraction of sp³-hybridized carbons (Fsp3) is 0.667. The zero-order valence-electron chi connectivity index (χ0n) is 41.5. The summed E-state index contributed by atoms with van der Waals surface area (Å²) in [6.07, 6.45) is 1.34. The Labute approximate surface area is 385 Å². The number of carbonyl (C=O) groups is 5. The van der Waals surface area contributed by atoms with E-state index in [2.05, 4.69) is 36.7 Å². The van der Waals surface area contributed by atoms with Crippen molar-refractivity contribution < 1.29 is 33.4 Å². The minimum Gasteiger partial charge on any atom is -0.383 e. The molecular weight excluding hydrogens is 809 g/mol. The Balaban J connectivity index is 1.79. The van der Waals surface area contributed by atoms with Gasteiger partial charge in [-0.2, -0.15) is 0 Å². The van der Waals surface area contributed by atoms with Gasteiger partial charge in [0.2, 0.25) is 23.6 Å². The zero-order chi connectivity index (χ0) is 47.8. The van der Waals surface area contributed by atoms with Gasteiger partial charge >= 0.3 is 0 Å². The number of likely N-dealkylation sites (N-methyl/N-ethyl adjacent to an activating group) is 2. The van der Waals surface area contributed by atoms with Crippen LogP contribution in [-0.2, 0) is 46.4 Å². The summed E-state index contributed by atoms with van der Waals surface area (Å²) in [6, 6.07) is 16.0. The number of hydrogen-bond acceptors (Lipinski definition) is 9. The number of likely N-dealkylation sites (tertiary alicyclic amines) is 1. The smallest absolute Gasteiger partial charge is 0.245 e. The van der Waals surface area contributed by atoms with Crippen molar-refractivity contribution >= 4 is 35.1 Å². The number of hydrogen-bond donors (Lipinski definition) is 3. The fourth-order valence-electron chi connectivity index (χ4n) is 9.42. The van der Waals surface area contributed by atoms with Gasteiger partial charge in [0.05, 0.1) is 36.8 Å². The highest BCUT2D eigenvalue weighted by Gasteiger charge is 2.43. The molecule has 64 heavy (non-hydrogen) atoms. The summed E-state index contributed by atoms with van der Waals surface area (Å²) in [6.45, 7) is 18.7. The van der Waals surface area contributed by atoms with Gasteiger partial charge in [-0.15, -0.1) is 0 Å². The third kappa shape index (κ3) is 15.1. The first-order valence-corrected chi connectivity index (χ1v) is 23.5. The predicted molar refractivity (Wildman–Crippen MR) is 256 cm³/mol. The third-order valence-corrected chi connectivity index (χ3v) is 13.1. The van der Waals surface area contributed by atoms with Crippen LogP contribution < -0.4 is 16.0 Å². The second-order valence-corrected chi connectivity index (χ2v) is 19.2. The monoisotopic (exact) mass is 891 g/mol. The molecular formula is C51H82N6O7. The second kappa shape index (κ2) is 26.0. The van der Waals surface area contributed by atoms with E-state index in [1.165, 1.54) is 0 Å². The van der Waals surface area contributed by atoms with Gasteiger partial charge in [0.1, 0.15) is 11.8 Å². The number of amides is 4. The number of methoxy groups -OCH3 is 2. The minimum atomic E-state index is -0.772. The summed E-state index contributed by atoms with van der Waals surface area (Å²) in [5.74, 6) is -2.26. The molecule has 0 aliphatic carbocycles. The van der Waals surface area contributed by atoms with Crippen LogP contribution in [0, 0.1) is 29.6 Å². The number of rotatable bonds is 26. The molecule has 1 fully saturated rings. The molecule has 9 atom stereocenters.